The molecule has 152 valence electrons. The number of amidine groups is 1. The molecule has 4 rings (SSSR count). The molecular formula is C21H25N5O2S. The first kappa shape index (κ1) is 19.4. The Morgan fingerprint density at radius 2 is 2.07 bits per heavy atom. The number of aryl methyl sites for hydroxylation is 1. The summed E-state index contributed by atoms with van der Waals surface area (Å²) in [5.74, 6) is 0.812. The van der Waals surface area contributed by atoms with Crippen molar-refractivity contribution >= 4 is 34.7 Å². The van der Waals surface area contributed by atoms with Gasteiger partial charge in [-0.25, -0.2) is 0 Å². The van der Waals surface area contributed by atoms with Gasteiger partial charge in [0.2, 0.25) is 12.2 Å². The minimum atomic E-state index is -0.310. The van der Waals surface area contributed by atoms with Gasteiger partial charge in [-0.2, -0.15) is 5.10 Å². The van der Waals surface area contributed by atoms with E-state index in [1.54, 1.807) is 0 Å². The molecule has 2 aromatic rings. The van der Waals surface area contributed by atoms with Crippen molar-refractivity contribution in [2.75, 3.05) is 11.4 Å². The molecule has 0 saturated carbocycles. The summed E-state index contributed by atoms with van der Waals surface area (Å²) in [4.78, 5) is 29.7. The van der Waals surface area contributed by atoms with Crippen molar-refractivity contribution in [1.29, 1.82) is 0 Å². The van der Waals surface area contributed by atoms with Crippen LogP contribution in [0.5, 0.6) is 0 Å². The lowest BCUT2D eigenvalue weighted by molar-refractivity contribution is -0.121. The van der Waals surface area contributed by atoms with Gasteiger partial charge in [-0.05, 0) is 30.4 Å². The molecule has 0 aliphatic carbocycles. The maximum Gasteiger partial charge on any atom is 0.269 e. The summed E-state index contributed by atoms with van der Waals surface area (Å²) >= 11 is 1.45. The van der Waals surface area contributed by atoms with Gasteiger partial charge in [-0.3, -0.25) is 24.8 Å². The van der Waals surface area contributed by atoms with Gasteiger partial charge in [0.25, 0.3) is 5.91 Å². The van der Waals surface area contributed by atoms with Crippen LogP contribution in [0.25, 0.3) is 0 Å². The van der Waals surface area contributed by atoms with Crippen molar-refractivity contribution in [3.63, 3.8) is 0 Å². The highest BCUT2D eigenvalue weighted by Gasteiger charge is 2.43. The molecule has 0 bridgehead atoms. The van der Waals surface area contributed by atoms with E-state index in [4.69, 9.17) is 0 Å². The molecule has 29 heavy (non-hydrogen) atoms. The zero-order valence-corrected chi connectivity index (χ0v) is 17.5. The number of thiophene rings is 1. The maximum atomic E-state index is 12.8. The Morgan fingerprint density at radius 1 is 1.28 bits per heavy atom. The first-order valence-electron chi connectivity index (χ1n) is 9.90. The van der Waals surface area contributed by atoms with Crippen LogP contribution in [0, 0.1) is 6.92 Å². The van der Waals surface area contributed by atoms with Gasteiger partial charge in [-0.15, -0.1) is 11.3 Å². The molecule has 3 heterocycles. The number of carbonyl (C=O) groups is 2. The number of hydrazone groups is 1. The number of rotatable bonds is 7. The van der Waals surface area contributed by atoms with E-state index in [-0.39, 0.29) is 18.1 Å². The number of nitrogens with zero attached hydrogens (tertiary/aromatic N) is 3. The highest BCUT2D eigenvalue weighted by Crippen LogP contribution is 2.36. The Hall–Kier alpha value is -2.87. The topological polar surface area (TPSA) is 77.0 Å². The average molecular weight is 412 g/mol. The van der Waals surface area contributed by atoms with Crippen LogP contribution in [0.15, 0.2) is 40.8 Å². The number of hydrogen-bond donors (Lipinski definition) is 2. The van der Waals surface area contributed by atoms with Gasteiger partial charge in [0, 0.05) is 25.9 Å². The van der Waals surface area contributed by atoms with E-state index < -0.39 is 0 Å². The lowest BCUT2D eigenvalue weighted by atomic mass is 10.1. The monoisotopic (exact) mass is 411 g/mol. The first-order chi connectivity index (χ1) is 14.1. The van der Waals surface area contributed by atoms with Gasteiger partial charge in [0.1, 0.15) is 10.7 Å². The minimum absolute atomic E-state index is 0.0132. The van der Waals surface area contributed by atoms with Crippen LogP contribution >= 0.6 is 11.3 Å². The van der Waals surface area contributed by atoms with Gasteiger partial charge >= 0.3 is 0 Å². The standard InChI is InChI=1S/C21H25N5O2S/c1-3-11-25-20(28)19-16(10-12-29-19)26-17(23-24-21(25)26)8-9-18(27)22-13-15-6-4-14(2)5-7-15/h4-7,10,12,21,24H,3,8-9,11,13H2,1-2H3,(H,22,27). The van der Waals surface area contributed by atoms with Crippen molar-refractivity contribution < 1.29 is 9.59 Å². The predicted octanol–water partition coefficient (Wildman–Crippen LogP) is 3.03. The third-order valence-corrected chi connectivity index (χ3v) is 6.03. The fourth-order valence-electron chi connectivity index (χ4n) is 3.62. The number of fused-ring (bicyclic) bond motifs is 3. The summed E-state index contributed by atoms with van der Waals surface area (Å²) in [7, 11) is 0. The van der Waals surface area contributed by atoms with Crippen LogP contribution in [0.3, 0.4) is 0 Å². The number of amides is 2. The van der Waals surface area contributed by atoms with Crippen molar-refractivity contribution in [2.45, 2.75) is 45.9 Å². The van der Waals surface area contributed by atoms with Gasteiger partial charge in [0.15, 0.2) is 0 Å². The summed E-state index contributed by atoms with van der Waals surface area (Å²) in [6, 6.07) is 10.1. The molecule has 0 fully saturated rings. The van der Waals surface area contributed by atoms with E-state index in [0.29, 0.717) is 25.9 Å². The van der Waals surface area contributed by atoms with E-state index in [1.165, 1.54) is 16.9 Å². The summed E-state index contributed by atoms with van der Waals surface area (Å²) < 4.78 is 0. The lowest BCUT2D eigenvalue weighted by Crippen LogP contribution is -2.58. The fourth-order valence-corrected chi connectivity index (χ4v) is 4.46. The molecule has 1 unspecified atom stereocenters. The normalized spacial score (nSPS) is 17.5. The third-order valence-electron chi connectivity index (χ3n) is 5.14. The lowest BCUT2D eigenvalue weighted by Gasteiger charge is -2.39. The molecule has 0 saturated heterocycles. The Morgan fingerprint density at radius 3 is 2.83 bits per heavy atom. The number of carbonyl (C=O) groups excluding carboxylic acids is 2. The molecule has 0 spiro atoms. The molecule has 8 heteroatoms. The van der Waals surface area contributed by atoms with Gasteiger partial charge in [-0.1, -0.05) is 36.8 Å². The number of benzene rings is 1. The number of hydrogen-bond acceptors (Lipinski definition) is 6. The number of nitrogens with one attached hydrogen (secondary N) is 2. The van der Waals surface area contributed by atoms with Crippen LogP contribution in [0.2, 0.25) is 0 Å². The smallest absolute Gasteiger partial charge is 0.269 e. The Kier molecular flexibility index (Phi) is 5.53. The Balaban J connectivity index is 1.39. The van der Waals surface area contributed by atoms with Crippen molar-refractivity contribution in [1.82, 2.24) is 15.6 Å². The van der Waals surface area contributed by atoms with Crippen LogP contribution in [0.1, 0.15) is 47.0 Å². The largest absolute Gasteiger partial charge is 0.352 e. The van der Waals surface area contributed by atoms with Crippen LogP contribution in [-0.2, 0) is 11.3 Å². The second-order valence-electron chi connectivity index (χ2n) is 7.30. The molecule has 7 nitrogen and oxygen atoms in total. The van der Waals surface area contributed by atoms with Gasteiger partial charge in [0.05, 0.1) is 5.69 Å². The zero-order valence-electron chi connectivity index (χ0n) is 16.6. The van der Waals surface area contributed by atoms with E-state index in [9.17, 15) is 9.59 Å². The summed E-state index contributed by atoms with van der Waals surface area (Å²) in [6.07, 6.45) is 1.41. The molecule has 2 aliphatic heterocycles. The van der Waals surface area contributed by atoms with Crippen LogP contribution < -0.4 is 15.6 Å². The first-order valence-corrected chi connectivity index (χ1v) is 10.8. The Bertz CT molecular complexity index is 937. The molecule has 2 amide bonds. The van der Waals surface area contributed by atoms with Gasteiger partial charge < -0.3 is 5.32 Å². The molecule has 1 atom stereocenters. The summed E-state index contributed by atoms with van der Waals surface area (Å²) in [5.41, 5.74) is 6.24. The molecule has 2 N–H and O–H groups in total. The summed E-state index contributed by atoms with van der Waals surface area (Å²) in [5, 5.41) is 9.35. The SMILES string of the molecule is CCCN1C(=O)c2sccc2N2C(CCC(=O)NCc3ccc(C)cc3)=NNC12. The second-order valence-corrected chi connectivity index (χ2v) is 8.21. The van der Waals surface area contributed by atoms with Crippen molar-refractivity contribution in [2.24, 2.45) is 5.10 Å². The quantitative estimate of drug-likeness (QED) is 0.734. The molecule has 1 aromatic carbocycles. The number of anilines is 1. The third kappa shape index (κ3) is 3.85. The fraction of sp³-hybridized carbons (Fsp3) is 0.381. The van der Waals surface area contributed by atoms with E-state index in [1.807, 2.05) is 47.5 Å². The van der Waals surface area contributed by atoms with Crippen LogP contribution in [-0.4, -0.2) is 35.4 Å². The van der Waals surface area contributed by atoms with E-state index >= 15 is 0 Å². The summed E-state index contributed by atoms with van der Waals surface area (Å²) in [6.45, 7) is 5.27. The molecule has 1 aromatic heterocycles. The van der Waals surface area contributed by atoms with Crippen molar-refractivity contribution in [3.05, 3.63) is 51.7 Å². The molecule has 0 radical (unpaired) electrons. The van der Waals surface area contributed by atoms with E-state index in [2.05, 4.69) is 27.7 Å². The molecular weight excluding hydrogens is 386 g/mol. The average Bonchev–Trinajstić information content (AvgIpc) is 3.36. The van der Waals surface area contributed by atoms with E-state index in [0.717, 1.165) is 28.4 Å². The van der Waals surface area contributed by atoms with Crippen molar-refractivity contribution in [3.8, 4) is 0 Å². The zero-order chi connectivity index (χ0) is 20.4. The maximum absolute atomic E-state index is 12.8. The predicted molar refractivity (Wildman–Crippen MR) is 115 cm³/mol. The second kappa shape index (κ2) is 8.24. The minimum Gasteiger partial charge on any atom is -0.352 e. The molecule has 2 aliphatic rings. The van der Waals surface area contributed by atoms with Crippen LogP contribution in [0.4, 0.5) is 5.69 Å². The Labute approximate surface area is 174 Å². The highest BCUT2D eigenvalue weighted by atomic mass is 32.1. The highest BCUT2D eigenvalue weighted by molar-refractivity contribution is 7.12.